The standard InChI is InChI=1S/C32H41N3O7S/c1-7-23(3)33-32(37)24(4)34(21-25-12-10-9-11-13-25)31(36)22-35(26-14-16-27(17-15-26)42-8-2)43(38,39)28-18-19-29(40-5)30(20-28)41-6/h9-20,23-24H,7-8,21-22H2,1-6H3,(H,33,37)/t23-,24-/m1/s1. The molecule has 0 aliphatic heterocycles. The van der Waals surface area contributed by atoms with Crippen LogP contribution in [0.2, 0.25) is 0 Å². The third-order valence-corrected chi connectivity index (χ3v) is 8.79. The van der Waals surface area contributed by atoms with Crippen molar-refractivity contribution in [1.82, 2.24) is 10.2 Å². The second-order valence-electron chi connectivity index (χ2n) is 9.96. The number of hydrogen-bond donors (Lipinski definition) is 1. The Labute approximate surface area is 254 Å². The molecule has 0 radical (unpaired) electrons. The Morgan fingerprint density at radius 1 is 0.884 bits per heavy atom. The summed E-state index contributed by atoms with van der Waals surface area (Å²) in [4.78, 5) is 28.6. The molecule has 0 unspecified atom stereocenters. The molecule has 3 aromatic rings. The van der Waals surface area contributed by atoms with Crippen LogP contribution in [0, 0.1) is 0 Å². The van der Waals surface area contributed by atoms with Crippen molar-refractivity contribution in [3.05, 3.63) is 78.4 Å². The summed E-state index contributed by atoms with van der Waals surface area (Å²) < 4.78 is 45.5. The van der Waals surface area contributed by atoms with E-state index in [2.05, 4.69) is 5.32 Å². The topological polar surface area (TPSA) is 114 Å². The molecule has 0 aromatic heterocycles. The Bertz CT molecular complexity index is 1460. The molecule has 0 bridgehead atoms. The zero-order chi connectivity index (χ0) is 31.6. The SMILES string of the molecule is CCOc1ccc(N(CC(=O)N(Cc2ccccc2)[C@H](C)C(=O)N[C@H](C)CC)S(=O)(=O)c2ccc(OC)c(OC)c2)cc1. The van der Waals surface area contributed by atoms with E-state index >= 15 is 0 Å². The predicted octanol–water partition coefficient (Wildman–Crippen LogP) is 4.63. The zero-order valence-electron chi connectivity index (χ0n) is 25.6. The van der Waals surface area contributed by atoms with Crippen molar-refractivity contribution in [3.8, 4) is 17.2 Å². The quantitative estimate of drug-likeness (QED) is 0.267. The molecule has 10 nitrogen and oxygen atoms in total. The van der Waals surface area contributed by atoms with Crippen LogP contribution in [0.3, 0.4) is 0 Å². The van der Waals surface area contributed by atoms with Gasteiger partial charge in [-0.15, -0.1) is 0 Å². The van der Waals surface area contributed by atoms with Crippen molar-refractivity contribution < 1.29 is 32.2 Å². The lowest BCUT2D eigenvalue weighted by Crippen LogP contribution is -2.52. The van der Waals surface area contributed by atoms with Crippen molar-refractivity contribution in [2.45, 2.75) is 57.6 Å². The monoisotopic (exact) mass is 611 g/mol. The van der Waals surface area contributed by atoms with Crippen LogP contribution in [0.1, 0.15) is 39.7 Å². The molecule has 11 heteroatoms. The lowest BCUT2D eigenvalue weighted by Gasteiger charge is -2.32. The molecule has 2 atom stereocenters. The molecule has 0 aliphatic carbocycles. The van der Waals surface area contributed by atoms with Crippen molar-refractivity contribution in [3.63, 3.8) is 0 Å². The van der Waals surface area contributed by atoms with Gasteiger partial charge in [0.05, 0.1) is 31.4 Å². The average molecular weight is 612 g/mol. The molecule has 0 aliphatic rings. The number of amides is 2. The molecule has 0 saturated carbocycles. The van der Waals surface area contributed by atoms with Crippen LogP contribution < -0.4 is 23.8 Å². The van der Waals surface area contributed by atoms with E-state index < -0.39 is 28.5 Å². The maximum absolute atomic E-state index is 14.2. The van der Waals surface area contributed by atoms with Crippen LogP contribution in [0.4, 0.5) is 5.69 Å². The summed E-state index contributed by atoms with van der Waals surface area (Å²) in [6.07, 6.45) is 0.722. The Hall–Kier alpha value is -4.25. The average Bonchev–Trinajstić information content (AvgIpc) is 3.02. The van der Waals surface area contributed by atoms with Gasteiger partial charge < -0.3 is 24.4 Å². The summed E-state index contributed by atoms with van der Waals surface area (Å²) in [5.41, 5.74) is 1.05. The number of ether oxygens (including phenoxy) is 3. The first kappa shape index (κ1) is 33.3. The first-order chi connectivity index (χ1) is 20.5. The number of methoxy groups -OCH3 is 2. The number of hydrogen-bond acceptors (Lipinski definition) is 7. The first-order valence-electron chi connectivity index (χ1n) is 14.2. The molecule has 3 aromatic carbocycles. The molecular weight excluding hydrogens is 570 g/mol. The van der Waals surface area contributed by atoms with Crippen LogP contribution in [0.25, 0.3) is 0 Å². The summed E-state index contributed by atoms with van der Waals surface area (Å²) in [5, 5.41) is 2.93. The van der Waals surface area contributed by atoms with E-state index in [1.165, 1.54) is 37.3 Å². The van der Waals surface area contributed by atoms with E-state index in [9.17, 15) is 18.0 Å². The Kier molecular flexibility index (Phi) is 11.8. The third-order valence-electron chi connectivity index (χ3n) is 7.02. The number of rotatable bonds is 15. The minimum absolute atomic E-state index is 0.0885. The molecule has 0 heterocycles. The van der Waals surface area contributed by atoms with Gasteiger partial charge >= 0.3 is 0 Å². The molecule has 43 heavy (non-hydrogen) atoms. The molecule has 3 rings (SSSR count). The van der Waals surface area contributed by atoms with E-state index in [4.69, 9.17) is 14.2 Å². The summed E-state index contributed by atoms with van der Waals surface area (Å²) in [5.74, 6) is 0.271. The van der Waals surface area contributed by atoms with Crippen molar-refractivity contribution in [2.75, 3.05) is 31.7 Å². The van der Waals surface area contributed by atoms with Crippen LogP contribution in [0.15, 0.2) is 77.7 Å². The highest BCUT2D eigenvalue weighted by atomic mass is 32.2. The molecule has 2 amide bonds. The van der Waals surface area contributed by atoms with E-state index in [-0.39, 0.29) is 34.8 Å². The number of nitrogens with zero attached hydrogens (tertiary/aromatic N) is 2. The van der Waals surface area contributed by atoms with Gasteiger partial charge in [-0.3, -0.25) is 13.9 Å². The molecule has 232 valence electrons. The van der Waals surface area contributed by atoms with Gasteiger partial charge in [0.15, 0.2) is 11.5 Å². The Morgan fingerprint density at radius 2 is 1.53 bits per heavy atom. The van der Waals surface area contributed by atoms with Gasteiger partial charge in [0.2, 0.25) is 11.8 Å². The molecule has 0 saturated heterocycles. The van der Waals surface area contributed by atoms with Crippen LogP contribution >= 0.6 is 0 Å². The highest BCUT2D eigenvalue weighted by molar-refractivity contribution is 7.92. The number of sulfonamides is 1. The van der Waals surface area contributed by atoms with E-state index in [1.54, 1.807) is 31.2 Å². The van der Waals surface area contributed by atoms with Gasteiger partial charge in [0.1, 0.15) is 18.3 Å². The smallest absolute Gasteiger partial charge is 0.264 e. The lowest BCUT2D eigenvalue weighted by atomic mass is 10.1. The van der Waals surface area contributed by atoms with Gasteiger partial charge in [0, 0.05) is 18.7 Å². The molecule has 0 fully saturated rings. The molecule has 1 N–H and O–H groups in total. The van der Waals surface area contributed by atoms with Crippen LogP contribution in [-0.4, -0.2) is 64.6 Å². The van der Waals surface area contributed by atoms with Gasteiger partial charge in [-0.05, 0) is 69.2 Å². The van der Waals surface area contributed by atoms with E-state index in [1.807, 2.05) is 51.1 Å². The summed E-state index contributed by atoms with van der Waals surface area (Å²) in [6, 6.07) is 19.0. The second kappa shape index (κ2) is 15.3. The largest absolute Gasteiger partial charge is 0.494 e. The minimum Gasteiger partial charge on any atom is -0.494 e. The number of anilines is 1. The van der Waals surface area contributed by atoms with Crippen molar-refractivity contribution in [1.29, 1.82) is 0 Å². The number of benzene rings is 3. The van der Waals surface area contributed by atoms with Crippen LogP contribution in [0.5, 0.6) is 17.2 Å². The zero-order valence-corrected chi connectivity index (χ0v) is 26.4. The molecular formula is C32H41N3O7S. The normalized spacial score (nSPS) is 12.5. The summed E-state index contributed by atoms with van der Waals surface area (Å²) in [6.45, 7) is 7.33. The first-order valence-corrected chi connectivity index (χ1v) is 15.6. The fourth-order valence-corrected chi connectivity index (χ4v) is 5.77. The number of carbonyl (C=O) groups excluding carboxylic acids is 2. The van der Waals surface area contributed by atoms with Crippen molar-refractivity contribution in [2.24, 2.45) is 0 Å². The van der Waals surface area contributed by atoms with Crippen LogP contribution in [-0.2, 0) is 26.2 Å². The maximum Gasteiger partial charge on any atom is 0.264 e. The third kappa shape index (κ3) is 8.41. The van der Waals surface area contributed by atoms with Crippen molar-refractivity contribution >= 4 is 27.5 Å². The Balaban J connectivity index is 2.06. The second-order valence-corrected chi connectivity index (χ2v) is 11.8. The summed E-state index contributed by atoms with van der Waals surface area (Å²) >= 11 is 0. The lowest BCUT2D eigenvalue weighted by molar-refractivity contribution is -0.139. The summed E-state index contributed by atoms with van der Waals surface area (Å²) in [7, 11) is -1.43. The van der Waals surface area contributed by atoms with E-state index in [0.717, 1.165) is 16.3 Å². The maximum atomic E-state index is 14.2. The van der Waals surface area contributed by atoms with Gasteiger partial charge in [-0.2, -0.15) is 0 Å². The van der Waals surface area contributed by atoms with Gasteiger partial charge in [0.25, 0.3) is 10.0 Å². The number of carbonyl (C=O) groups is 2. The fraction of sp³-hybridized carbons (Fsp3) is 0.375. The highest BCUT2D eigenvalue weighted by Crippen LogP contribution is 2.33. The number of nitrogens with one attached hydrogen (secondary N) is 1. The molecule has 0 spiro atoms. The minimum atomic E-state index is -4.30. The highest BCUT2D eigenvalue weighted by Gasteiger charge is 2.33. The van der Waals surface area contributed by atoms with Gasteiger partial charge in [-0.1, -0.05) is 37.3 Å². The fourth-order valence-electron chi connectivity index (χ4n) is 4.34. The predicted molar refractivity (Wildman–Crippen MR) is 166 cm³/mol. The van der Waals surface area contributed by atoms with E-state index in [0.29, 0.717) is 18.1 Å². The van der Waals surface area contributed by atoms with Gasteiger partial charge in [-0.25, -0.2) is 8.42 Å². The Morgan fingerprint density at radius 3 is 2.12 bits per heavy atom.